The third kappa shape index (κ3) is 5.03. The van der Waals surface area contributed by atoms with Crippen LogP contribution < -0.4 is 19.3 Å². The molecule has 1 fully saturated rings. The van der Waals surface area contributed by atoms with Crippen molar-refractivity contribution < 1.29 is 24.2 Å². The second-order valence-electron chi connectivity index (χ2n) is 9.00. The first-order chi connectivity index (χ1) is 17.8. The number of ether oxygens (including phenoxy) is 2. The monoisotopic (exact) mass is 500 g/mol. The fourth-order valence-corrected chi connectivity index (χ4v) is 4.51. The molecule has 7 heteroatoms. The summed E-state index contributed by atoms with van der Waals surface area (Å²) in [5.74, 6) is -0.293. The van der Waals surface area contributed by atoms with E-state index in [4.69, 9.17) is 9.47 Å². The predicted molar refractivity (Wildman–Crippen MR) is 146 cm³/mol. The zero-order valence-corrected chi connectivity index (χ0v) is 21.8. The molecule has 3 aromatic carbocycles. The zero-order chi connectivity index (χ0) is 26.7. The largest absolute Gasteiger partial charge is 0.507 e. The van der Waals surface area contributed by atoms with Crippen LogP contribution in [0.4, 0.5) is 11.4 Å². The van der Waals surface area contributed by atoms with E-state index in [0.717, 1.165) is 11.3 Å². The number of aliphatic hydroxyl groups excluding tert-OH is 1. The lowest BCUT2D eigenvalue weighted by atomic mass is 9.94. The summed E-state index contributed by atoms with van der Waals surface area (Å²) in [6, 6.07) is 19.0. The lowest BCUT2D eigenvalue weighted by Gasteiger charge is -2.26. The molecule has 192 valence electrons. The molecule has 0 radical (unpaired) electrons. The van der Waals surface area contributed by atoms with Crippen LogP contribution in [0.2, 0.25) is 0 Å². The van der Waals surface area contributed by atoms with E-state index in [1.165, 1.54) is 4.90 Å². The van der Waals surface area contributed by atoms with Gasteiger partial charge in [-0.3, -0.25) is 14.5 Å². The van der Waals surface area contributed by atoms with Crippen molar-refractivity contribution in [2.24, 2.45) is 0 Å². The molecule has 0 bridgehead atoms. The Kier molecular flexibility index (Phi) is 7.53. The first-order valence-corrected chi connectivity index (χ1v) is 12.3. The number of aryl methyl sites for hydroxylation is 1. The molecule has 3 aromatic rings. The number of benzene rings is 3. The van der Waals surface area contributed by atoms with Gasteiger partial charge in [0.05, 0.1) is 24.8 Å². The molecule has 4 rings (SSSR count). The summed E-state index contributed by atoms with van der Waals surface area (Å²) >= 11 is 0. The Bertz CT molecular complexity index is 1330. The van der Waals surface area contributed by atoms with E-state index in [9.17, 15) is 14.7 Å². The van der Waals surface area contributed by atoms with Crippen molar-refractivity contribution in [1.82, 2.24) is 0 Å². The zero-order valence-electron chi connectivity index (χ0n) is 21.8. The van der Waals surface area contributed by atoms with Gasteiger partial charge in [-0.2, -0.15) is 0 Å². The number of nitrogens with zero attached hydrogens (tertiary/aromatic N) is 2. The molecule has 1 amide bonds. The fraction of sp³-hybridized carbons (Fsp3) is 0.267. The van der Waals surface area contributed by atoms with E-state index < -0.39 is 17.7 Å². The summed E-state index contributed by atoms with van der Waals surface area (Å²) in [5, 5.41) is 11.4. The highest BCUT2D eigenvalue weighted by Crippen LogP contribution is 2.43. The molecule has 0 aliphatic carbocycles. The molecule has 1 saturated heterocycles. The fourth-order valence-electron chi connectivity index (χ4n) is 4.51. The highest BCUT2D eigenvalue weighted by atomic mass is 16.5. The molecule has 1 atom stereocenters. The number of rotatable bonds is 8. The second-order valence-corrected chi connectivity index (χ2v) is 9.00. The number of aliphatic hydroxyl groups is 1. The van der Waals surface area contributed by atoms with Gasteiger partial charge in [0.1, 0.15) is 17.3 Å². The third-order valence-electron chi connectivity index (χ3n) is 6.34. The van der Waals surface area contributed by atoms with Crippen LogP contribution in [0.3, 0.4) is 0 Å². The van der Waals surface area contributed by atoms with Gasteiger partial charge in [-0.15, -0.1) is 0 Å². The molecular weight excluding hydrogens is 468 g/mol. The van der Waals surface area contributed by atoms with Gasteiger partial charge in [0.15, 0.2) is 0 Å². The van der Waals surface area contributed by atoms with E-state index in [2.05, 4.69) is 0 Å². The summed E-state index contributed by atoms with van der Waals surface area (Å²) in [7, 11) is 3.88. The Hall–Kier alpha value is -4.26. The maximum absolute atomic E-state index is 13.4. The van der Waals surface area contributed by atoms with Gasteiger partial charge in [-0.1, -0.05) is 12.1 Å². The highest BCUT2D eigenvalue weighted by molar-refractivity contribution is 6.51. The van der Waals surface area contributed by atoms with Crippen LogP contribution in [0.25, 0.3) is 5.76 Å². The van der Waals surface area contributed by atoms with Crippen LogP contribution in [0.1, 0.15) is 36.6 Å². The molecule has 1 aliphatic rings. The van der Waals surface area contributed by atoms with E-state index in [1.54, 1.807) is 42.5 Å². The SMILES string of the molecule is CCOc1ccc(N2C(=O)C(=O)/C(=C(\O)c3ccc(OCC)c(C)c3)C2c2ccc(N(C)C)cc2)cc1. The van der Waals surface area contributed by atoms with Crippen molar-refractivity contribution in [2.45, 2.75) is 26.8 Å². The van der Waals surface area contributed by atoms with Crippen molar-refractivity contribution in [3.8, 4) is 11.5 Å². The quantitative estimate of drug-likeness (QED) is 0.251. The Morgan fingerprint density at radius 3 is 2.14 bits per heavy atom. The highest BCUT2D eigenvalue weighted by Gasteiger charge is 2.47. The molecule has 0 spiro atoms. The number of hydrogen-bond acceptors (Lipinski definition) is 6. The summed E-state index contributed by atoms with van der Waals surface area (Å²) in [4.78, 5) is 30.2. The third-order valence-corrected chi connectivity index (χ3v) is 6.34. The average Bonchev–Trinajstić information content (AvgIpc) is 3.16. The van der Waals surface area contributed by atoms with Crippen molar-refractivity contribution in [2.75, 3.05) is 37.1 Å². The van der Waals surface area contributed by atoms with Gasteiger partial charge in [0.25, 0.3) is 11.7 Å². The van der Waals surface area contributed by atoms with Crippen LogP contribution in [-0.4, -0.2) is 44.1 Å². The minimum atomic E-state index is -0.805. The summed E-state index contributed by atoms with van der Waals surface area (Å²) in [5.41, 5.74) is 3.53. The lowest BCUT2D eigenvalue weighted by Crippen LogP contribution is -2.29. The number of amides is 1. The predicted octanol–water partition coefficient (Wildman–Crippen LogP) is 5.48. The van der Waals surface area contributed by atoms with Gasteiger partial charge >= 0.3 is 0 Å². The van der Waals surface area contributed by atoms with Gasteiger partial charge in [-0.25, -0.2) is 0 Å². The molecule has 1 N–H and O–H groups in total. The van der Waals surface area contributed by atoms with Crippen LogP contribution in [-0.2, 0) is 9.59 Å². The summed E-state index contributed by atoms with van der Waals surface area (Å²) in [6.45, 7) is 6.70. The number of carbonyl (C=O) groups excluding carboxylic acids is 2. The maximum Gasteiger partial charge on any atom is 0.300 e. The number of Topliss-reactive ketones (excluding diaryl/α,β-unsaturated/α-hetero) is 1. The van der Waals surface area contributed by atoms with E-state index >= 15 is 0 Å². The molecule has 0 aromatic heterocycles. The maximum atomic E-state index is 13.4. The molecule has 0 saturated carbocycles. The molecule has 1 unspecified atom stereocenters. The van der Waals surface area contributed by atoms with Gasteiger partial charge in [0, 0.05) is 31.0 Å². The first kappa shape index (κ1) is 25.8. The van der Waals surface area contributed by atoms with Gasteiger partial charge in [-0.05, 0) is 86.5 Å². The normalized spacial score (nSPS) is 16.7. The first-order valence-electron chi connectivity index (χ1n) is 12.3. The summed E-state index contributed by atoms with van der Waals surface area (Å²) in [6.07, 6.45) is 0. The minimum absolute atomic E-state index is 0.0417. The smallest absolute Gasteiger partial charge is 0.300 e. The molecule has 37 heavy (non-hydrogen) atoms. The Labute approximate surface area is 217 Å². The standard InChI is InChI=1S/C30H32N2O5/c1-6-36-24-15-13-23(14-16-24)32-27(20-8-11-22(12-9-20)31(4)5)26(29(34)30(32)35)28(33)21-10-17-25(37-7-2)19(3)18-21/h8-18,27,33H,6-7H2,1-5H3/b28-26-. The number of carbonyl (C=O) groups is 2. The van der Waals surface area contributed by atoms with Gasteiger partial charge < -0.3 is 19.5 Å². The van der Waals surface area contributed by atoms with Crippen LogP contribution in [0.5, 0.6) is 11.5 Å². The average molecular weight is 501 g/mol. The van der Waals surface area contributed by atoms with E-state index in [1.807, 2.05) is 64.0 Å². The Morgan fingerprint density at radius 2 is 1.57 bits per heavy atom. The second kappa shape index (κ2) is 10.8. The lowest BCUT2D eigenvalue weighted by molar-refractivity contribution is -0.132. The van der Waals surface area contributed by atoms with Gasteiger partial charge in [0.2, 0.25) is 0 Å². The molecule has 1 aliphatic heterocycles. The van der Waals surface area contributed by atoms with E-state index in [0.29, 0.717) is 41.5 Å². The molecular formula is C30H32N2O5. The van der Waals surface area contributed by atoms with Crippen molar-refractivity contribution in [3.63, 3.8) is 0 Å². The van der Waals surface area contributed by atoms with E-state index in [-0.39, 0.29) is 11.3 Å². The minimum Gasteiger partial charge on any atom is -0.507 e. The molecule has 7 nitrogen and oxygen atoms in total. The number of anilines is 2. The topological polar surface area (TPSA) is 79.3 Å². The van der Waals surface area contributed by atoms with Crippen molar-refractivity contribution in [3.05, 3.63) is 89.0 Å². The molecule has 1 heterocycles. The number of hydrogen-bond donors (Lipinski definition) is 1. The Morgan fingerprint density at radius 1 is 0.919 bits per heavy atom. The van der Waals surface area contributed by atoms with Crippen LogP contribution in [0.15, 0.2) is 72.3 Å². The Balaban J connectivity index is 1.87. The van der Waals surface area contributed by atoms with Crippen LogP contribution in [0, 0.1) is 6.92 Å². The van der Waals surface area contributed by atoms with Crippen molar-refractivity contribution >= 4 is 28.8 Å². The van der Waals surface area contributed by atoms with Crippen molar-refractivity contribution in [1.29, 1.82) is 0 Å². The number of ketones is 1. The summed E-state index contributed by atoms with van der Waals surface area (Å²) < 4.78 is 11.2. The van der Waals surface area contributed by atoms with Crippen LogP contribution >= 0.6 is 0 Å².